The number of nitrogens with one attached hydrogen (secondary N) is 1. The van der Waals surface area contributed by atoms with E-state index in [0.29, 0.717) is 6.42 Å². The van der Waals surface area contributed by atoms with Crippen molar-refractivity contribution < 1.29 is 8.42 Å². The second-order valence-corrected chi connectivity index (χ2v) is 6.62. The molecule has 0 saturated heterocycles. The van der Waals surface area contributed by atoms with Gasteiger partial charge in [0.05, 0.1) is 5.75 Å². The Labute approximate surface area is 108 Å². The molecule has 100 valence electrons. The first kappa shape index (κ1) is 13.5. The van der Waals surface area contributed by atoms with E-state index >= 15 is 0 Å². The van der Waals surface area contributed by atoms with Crippen molar-refractivity contribution in [2.75, 3.05) is 5.75 Å². The van der Waals surface area contributed by atoms with Gasteiger partial charge in [0.15, 0.2) is 0 Å². The van der Waals surface area contributed by atoms with E-state index in [4.69, 9.17) is 5.73 Å². The van der Waals surface area contributed by atoms with Crippen LogP contribution in [0.4, 0.5) is 0 Å². The van der Waals surface area contributed by atoms with Crippen molar-refractivity contribution in [3.63, 3.8) is 0 Å². The molecular formula is C12H19N3O2S. The molecule has 0 aliphatic heterocycles. The van der Waals surface area contributed by atoms with E-state index in [1.165, 1.54) is 0 Å². The van der Waals surface area contributed by atoms with Crippen molar-refractivity contribution in [3.05, 3.63) is 30.1 Å². The molecule has 18 heavy (non-hydrogen) atoms. The van der Waals surface area contributed by atoms with Crippen LogP contribution in [0.5, 0.6) is 0 Å². The van der Waals surface area contributed by atoms with Crippen LogP contribution >= 0.6 is 0 Å². The van der Waals surface area contributed by atoms with Gasteiger partial charge in [-0.15, -0.1) is 0 Å². The standard InChI is InChI=1S/C12H19N3O2S/c13-11-2-1-3-12(11)15-18(16,17)9-6-10-4-7-14-8-5-10/h4-5,7-8,11-12,15H,1-3,6,9,13H2. The third kappa shape index (κ3) is 3.76. The van der Waals surface area contributed by atoms with Crippen LogP contribution in [0.1, 0.15) is 24.8 Å². The monoisotopic (exact) mass is 269 g/mol. The quantitative estimate of drug-likeness (QED) is 0.811. The first-order chi connectivity index (χ1) is 8.57. The van der Waals surface area contributed by atoms with E-state index in [2.05, 4.69) is 9.71 Å². The maximum Gasteiger partial charge on any atom is 0.212 e. The van der Waals surface area contributed by atoms with Gasteiger partial charge in [0.25, 0.3) is 0 Å². The average Bonchev–Trinajstić information content (AvgIpc) is 2.73. The lowest BCUT2D eigenvalue weighted by Gasteiger charge is -2.17. The van der Waals surface area contributed by atoms with Gasteiger partial charge in [-0.2, -0.15) is 0 Å². The number of nitrogens with zero attached hydrogens (tertiary/aromatic N) is 1. The summed E-state index contributed by atoms with van der Waals surface area (Å²) in [6, 6.07) is 3.53. The van der Waals surface area contributed by atoms with Gasteiger partial charge in [0.1, 0.15) is 0 Å². The van der Waals surface area contributed by atoms with E-state index in [1.807, 2.05) is 12.1 Å². The molecule has 1 aromatic heterocycles. The minimum Gasteiger partial charge on any atom is -0.326 e. The zero-order valence-electron chi connectivity index (χ0n) is 10.2. The van der Waals surface area contributed by atoms with E-state index in [-0.39, 0.29) is 17.8 Å². The molecule has 0 aromatic carbocycles. The first-order valence-electron chi connectivity index (χ1n) is 6.21. The molecule has 1 aliphatic rings. The number of hydrogen-bond donors (Lipinski definition) is 2. The zero-order valence-corrected chi connectivity index (χ0v) is 11.1. The zero-order chi connectivity index (χ0) is 13.0. The molecule has 5 nitrogen and oxygen atoms in total. The van der Waals surface area contributed by atoms with Gasteiger partial charge in [-0.1, -0.05) is 6.42 Å². The lowest BCUT2D eigenvalue weighted by Crippen LogP contribution is -2.44. The van der Waals surface area contributed by atoms with E-state index < -0.39 is 10.0 Å². The number of sulfonamides is 1. The first-order valence-corrected chi connectivity index (χ1v) is 7.86. The molecule has 0 spiro atoms. The van der Waals surface area contributed by atoms with Gasteiger partial charge in [-0.3, -0.25) is 4.98 Å². The van der Waals surface area contributed by atoms with Gasteiger partial charge in [-0.25, -0.2) is 13.1 Å². The van der Waals surface area contributed by atoms with E-state index in [0.717, 1.165) is 24.8 Å². The Kier molecular flexibility index (Phi) is 4.31. The van der Waals surface area contributed by atoms with Crippen LogP contribution in [0, 0.1) is 0 Å². The maximum absolute atomic E-state index is 11.9. The summed E-state index contributed by atoms with van der Waals surface area (Å²) in [4.78, 5) is 3.90. The summed E-state index contributed by atoms with van der Waals surface area (Å²) < 4.78 is 26.6. The smallest absolute Gasteiger partial charge is 0.212 e. The van der Waals surface area contributed by atoms with Crippen molar-refractivity contribution in [1.29, 1.82) is 0 Å². The molecule has 2 rings (SSSR count). The predicted octanol–water partition coefficient (Wildman–Crippen LogP) is 0.423. The Morgan fingerprint density at radius 2 is 2.06 bits per heavy atom. The highest BCUT2D eigenvalue weighted by molar-refractivity contribution is 7.89. The van der Waals surface area contributed by atoms with Gasteiger partial charge in [0.2, 0.25) is 10.0 Å². The number of nitrogens with two attached hydrogens (primary N) is 1. The normalized spacial score (nSPS) is 24.3. The number of pyridine rings is 1. The lowest BCUT2D eigenvalue weighted by molar-refractivity contribution is 0.522. The molecule has 0 amide bonds. The third-order valence-electron chi connectivity index (χ3n) is 3.31. The fourth-order valence-electron chi connectivity index (χ4n) is 2.23. The number of aromatic nitrogens is 1. The molecule has 0 bridgehead atoms. The predicted molar refractivity (Wildman–Crippen MR) is 70.5 cm³/mol. The van der Waals surface area contributed by atoms with Crippen molar-refractivity contribution in [2.24, 2.45) is 5.73 Å². The second kappa shape index (κ2) is 5.77. The van der Waals surface area contributed by atoms with Crippen molar-refractivity contribution in [2.45, 2.75) is 37.8 Å². The van der Waals surface area contributed by atoms with Crippen LogP contribution in [0.3, 0.4) is 0 Å². The van der Waals surface area contributed by atoms with Crippen molar-refractivity contribution in [3.8, 4) is 0 Å². The highest BCUT2D eigenvalue weighted by Gasteiger charge is 2.27. The summed E-state index contributed by atoms with van der Waals surface area (Å²) in [6.07, 6.45) is 6.58. The Bertz CT molecular complexity index is 475. The van der Waals surface area contributed by atoms with Crippen LogP contribution < -0.4 is 10.5 Å². The molecule has 0 radical (unpaired) electrons. The largest absolute Gasteiger partial charge is 0.326 e. The van der Waals surface area contributed by atoms with Gasteiger partial charge in [-0.05, 0) is 37.0 Å². The third-order valence-corrected chi connectivity index (χ3v) is 4.71. The summed E-state index contributed by atoms with van der Waals surface area (Å²) >= 11 is 0. The van der Waals surface area contributed by atoms with Crippen molar-refractivity contribution in [1.82, 2.24) is 9.71 Å². The molecule has 3 N–H and O–H groups in total. The van der Waals surface area contributed by atoms with Crippen LogP contribution in [-0.4, -0.2) is 31.2 Å². The fraction of sp³-hybridized carbons (Fsp3) is 0.583. The Morgan fingerprint density at radius 3 is 2.67 bits per heavy atom. The summed E-state index contributed by atoms with van der Waals surface area (Å²) in [6.45, 7) is 0. The molecular weight excluding hydrogens is 250 g/mol. The molecule has 1 heterocycles. The van der Waals surface area contributed by atoms with Crippen LogP contribution in [0.25, 0.3) is 0 Å². The highest BCUT2D eigenvalue weighted by Crippen LogP contribution is 2.18. The molecule has 1 fully saturated rings. The SMILES string of the molecule is NC1CCCC1NS(=O)(=O)CCc1ccncc1. The topological polar surface area (TPSA) is 85.1 Å². The molecule has 2 unspecified atom stereocenters. The number of hydrogen-bond acceptors (Lipinski definition) is 4. The molecule has 6 heteroatoms. The fourth-order valence-corrected chi connectivity index (χ4v) is 3.60. The number of rotatable bonds is 5. The van der Waals surface area contributed by atoms with Crippen molar-refractivity contribution >= 4 is 10.0 Å². The summed E-state index contributed by atoms with van der Waals surface area (Å²) in [5, 5.41) is 0. The van der Waals surface area contributed by atoms with Crippen LogP contribution in [-0.2, 0) is 16.4 Å². The number of aryl methyl sites for hydroxylation is 1. The molecule has 2 atom stereocenters. The Morgan fingerprint density at radius 1 is 1.33 bits per heavy atom. The van der Waals surface area contributed by atoms with Gasteiger partial charge >= 0.3 is 0 Å². The lowest BCUT2D eigenvalue weighted by atomic mass is 10.2. The molecule has 1 aliphatic carbocycles. The highest BCUT2D eigenvalue weighted by atomic mass is 32.2. The Balaban J connectivity index is 1.88. The minimum atomic E-state index is -3.25. The minimum absolute atomic E-state index is 0.0410. The molecule has 1 aromatic rings. The van der Waals surface area contributed by atoms with E-state index in [9.17, 15) is 8.42 Å². The van der Waals surface area contributed by atoms with Crippen LogP contribution in [0.15, 0.2) is 24.5 Å². The van der Waals surface area contributed by atoms with Gasteiger partial charge in [0, 0.05) is 24.5 Å². The summed E-state index contributed by atoms with van der Waals surface area (Å²) in [5.74, 6) is 0.0975. The van der Waals surface area contributed by atoms with Gasteiger partial charge < -0.3 is 5.73 Å². The van der Waals surface area contributed by atoms with E-state index in [1.54, 1.807) is 12.4 Å². The van der Waals surface area contributed by atoms with Crippen LogP contribution in [0.2, 0.25) is 0 Å². The Hall–Kier alpha value is -0.980. The maximum atomic E-state index is 11.9. The average molecular weight is 269 g/mol. The second-order valence-electron chi connectivity index (χ2n) is 4.74. The molecule has 1 saturated carbocycles. The summed E-state index contributed by atoms with van der Waals surface area (Å²) in [5.41, 5.74) is 6.84. The summed E-state index contributed by atoms with van der Waals surface area (Å²) in [7, 11) is -3.25.